The van der Waals surface area contributed by atoms with Crippen molar-refractivity contribution in [3.63, 3.8) is 0 Å². The highest BCUT2D eigenvalue weighted by Gasteiger charge is 2.35. The van der Waals surface area contributed by atoms with E-state index in [2.05, 4.69) is 194 Å². The number of allylic oxidation sites excluding steroid dienone is 1. The molecule has 2 aliphatic rings. The molecule has 1 unspecified atom stereocenters. The normalized spacial score (nSPS) is 16.0. The third-order valence-electron chi connectivity index (χ3n) is 11.8. The molecule has 1 aliphatic carbocycles. The molecule has 0 saturated carbocycles. The summed E-state index contributed by atoms with van der Waals surface area (Å²) in [4.78, 5) is 7.70. The monoisotopic (exact) mass is 711 g/mol. The summed E-state index contributed by atoms with van der Waals surface area (Å²) in [5.41, 5.74) is 14.8. The summed E-state index contributed by atoms with van der Waals surface area (Å²) in [6, 6.07) is 55.9. The number of para-hydroxylation sites is 1. The molecule has 2 aromatic heterocycles. The molecule has 9 aromatic rings. The van der Waals surface area contributed by atoms with Crippen LogP contribution >= 0.6 is 11.3 Å². The summed E-state index contributed by atoms with van der Waals surface area (Å²) >= 11 is 1.88. The smallest absolute Gasteiger partial charge is 0.203 e. The van der Waals surface area contributed by atoms with Gasteiger partial charge >= 0.3 is 0 Å². The van der Waals surface area contributed by atoms with Crippen molar-refractivity contribution in [3.05, 3.63) is 181 Å². The third-order valence-corrected chi connectivity index (χ3v) is 13.0. The first kappa shape index (κ1) is 31.3. The number of hydrogen-bond acceptors (Lipinski definition) is 3. The zero-order valence-electron chi connectivity index (χ0n) is 30.4. The standard InChI is InChI=1S/C50H37N3S/c1-50(2)42-19-7-4-14-36(42)37-24-22-32(30-43(37)50)31-12-10-13-34(28-31)44-26-27-52(3)49(51-44)53-45-20-8-5-15-38(45)41-29-33(23-25-46(41)53)35-17-11-18-40-39-16-6-9-21-47(39)54-48(35)40/h4-30,49H,1-3H3. The lowest BCUT2D eigenvalue weighted by Crippen LogP contribution is -2.27. The van der Waals surface area contributed by atoms with Gasteiger partial charge in [-0.1, -0.05) is 129 Å². The van der Waals surface area contributed by atoms with E-state index in [0.717, 1.165) is 11.3 Å². The van der Waals surface area contributed by atoms with E-state index in [0.29, 0.717) is 0 Å². The fourth-order valence-corrected chi connectivity index (χ4v) is 10.3. The summed E-state index contributed by atoms with van der Waals surface area (Å²) < 4.78 is 5.07. The Morgan fingerprint density at radius 3 is 2.15 bits per heavy atom. The lowest BCUT2D eigenvalue weighted by molar-refractivity contribution is 0.266. The average Bonchev–Trinajstić information content (AvgIpc) is 3.83. The Balaban J connectivity index is 1.00. The summed E-state index contributed by atoms with van der Waals surface area (Å²) in [6.45, 7) is 4.69. The maximum absolute atomic E-state index is 5.48. The molecule has 0 saturated heterocycles. The average molecular weight is 712 g/mol. The van der Waals surface area contributed by atoms with Gasteiger partial charge in [0.1, 0.15) is 0 Å². The minimum atomic E-state index is -0.243. The fourth-order valence-electron chi connectivity index (χ4n) is 9.07. The molecule has 0 amide bonds. The second-order valence-corrected chi connectivity index (χ2v) is 16.3. The van der Waals surface area contributed by atoms with Gasteiger partial charge in [0.2, 0.25) is 6.29 Å². The Morgan fingerprint density at radius 1 is 0.537 bits per heavy atom. The van der Waals surface area contributed by atoms with E-state index in [4.69, 9.17) is 4.99 Å². The number of fused-ring (bicyclic) bond motifs is 9. The van der Waals surface area contributed by atoms with E-state index < -0.39 is 0 Å². The van der Waals surface area contributed by atoms with Crippen LogP contribution in [0.2, 0.25) is 0 Å². The van der Waals surface area contributed by atoms with Gasteiger partial charge in [-0.05, 0) is 87.0 Å². The Hall–Kier alpha value is -6.23. The molecule has 4 heteroatoms. The highest BCUT2D eigenvalue weighted by atomic mass is 32.1. The van der Waals surface area contributed by atoms with E-state index in [9.17, 15) is 0 Å². The van der Waals surface area contributed by atoms with Crippen LogP contribution in [0.4, 0.5) is 0 Å². The predicted molar refractivity (Wildman–Crippen MR) is 230 cm³/mol. The van der Waals surface area contributed by atoms with Gasteiger partial charge < -0.3 is 9.47 Å². The van der Waals surface area contributed by atoms with Gasteiger partial charge in [0.15, 0.2) is 0 Å². The summed E-state index contributed by atoms with van der Waals surface area (Å²) in [7, 11) is 2.12. The van der Waals surface area contributed by atoms with Gasteiger partial charge in [-0.15, -0.1) is 11.3 Å². The zero-order chi connectivity index (χ0) is 36.1. The molecule has 0 spiro atoms. The minimum Gasteiger partial charge on any atom is -0.342 e. The number of hydrogen-bond donors (Lipinski definition) is 0. The summed E-state index contributed by atoms with van der Waals surface area (Å²) in [5.74, 6) is 0. The lowest BCUT2D eigenvalue weighted by atomic mass is 9.81. The molecule has 7 aromatic carbocycles. The van der Waals surface area contributed by atoms with Gasteiger partial charge in [0, 0.05) is 55.2 Å². The van der Waals surface area contributed by atoms with Crippen LogP contribution in [0.25, 0.3) is 75.4 Å². The molecule has 1 aliphatic heterocycles. The molecule has 0 radical (unpaired) electrons. The fraction of sp³-hybridized carbons (Fsp3) is 0.100. The first-order valence-electron chi connectivity index (χ1n) is 18.7. The van der Waals surface area contributed by atoms with Crippen LogP contribution in [-0.4, -0.2) is 22.2 Å². The molecule has 0 bridgehead atoms. The second-order valence-electron chi connectivity index (χ2n) is 15.3. The van der Waals surface area contributed by atoms with Crippen LogP contribution < -0.4 is 0 Å². The number of aliphatic imine (C=N–C) groups is 1. The Bertz CT molecular complexity index is 3060. The molecule has 258 valence electrons. The molecule has 3 heterocycles. The summed E-state index contributed by atoms with van der Waals surface area (Å²) in [6.07, 6.45) is 4.08. The summed E-state index contributed by atoms with van der Waals surface area (Å²) in [5, 5.41) is 5.13. The minimum absolute atomic E-state index is 0.0391. The lowest BCUT2D eigenvalue weighted by Gasteiger charge is -2.30. The van der Waals surface area contributed by atoms with Crippen molar-refractivity contribution in [2.24, 2.45) is 4.99 Å². The van der Waals surface area contributed by atoms with E-state index in [1.165, 1.54) is 86.5 Å². The maximum atomic E-state index is 5.48. The molecular formula is C50H37N3S. The Kier molecular flexibility index (Phi) is 6.75. The van der Waals surface area contributed by atoms with Crippen LogP contribution in [0.3, 0.4) is 0 Å². The molecule has 11 rings (SSSR count). The number of nitrogens with zero attached hydrogens (tertiary/aromatic N) is 3. The second kappa shape index (κ2) is 11.6. The van der Waals surface area contributed by atoms with Crippen LogP contribution in [0, 0.1) is 0 Å². The third kappa shape index (κ3) is 4.56. The molecule has 0 fully saturated rings. The topological polar surface area (TPSA) is 20.5 Å². The maximum Gasteiger partial charge on any atom is 0.203 e. The highest BCUT2D eigenvalue weighted by molar-refractivity contribution is 7.26. The van der Waals surface area contributed by atoms with Gasteiger partial charge in [-0.25, -0.2) is 4.99 Å². The van der Waals surface area contributed by atoms with Crippen molar-refractivity contribution < 1.29 is 0 Å². The molecule has 0 N–H and O–H groups in total. The van der Waals surface area contributed by atoms with Crippen LogP contribution in [-0.2, 0) is 5.41 Å². The van der Waals surface area contributed by atoms with Crippen molar-refractivity contribution in [2.75, 3.05) is 7.05 Å². The van der Waals surface area contributed by atoms with Crippen LogP contribution in [0.1, 0.15) is 36.8 Å². The van der Waals surface area contributed by atoms with Crippen LogP contribution in [0.15, 0.2) is 169 Å². The van der Waals surface area contributed by atoms with Crippen molar-refractivity contribution in [1.29, 1.82) is 0 Å². The quantitative estimate of drug-likeness (QED) is 0.178. The zero-order valence-corrected chi connectivity index (χ0v) is 31.2. The molecule has 3 nitrogen and oxygen atoms in total. The first-order valence-corrected chi connectivity index (χ1v) is 19.5. The van der Waals surface area contributed by atoms with Crippen molar-refractivity contribution in [3.8, 4) is 33.4 Å². The largest absolute Gasteiger partial charge is 0.342 e. The van der Waals surface area contributed by atoms with Crippen molar-refractivity contribution in [2.45, 2.75) is 25.6 Å². The predicted octanol–water partition coefficient (Wildman–Crippen LogP) is 13.2. The number of thiophene rings is 1. The van der Waals surface area contributed by atoms with E-state index in [-0.39, 0.29) is 11.7 Å². The van der Waals surface area contributed by atoms with Gasteiger partial charge in [0.05, 0.1) is 16.7 Å². The Morgan fingerprint density at radius 2 is 1.22 bits per heavy atom. The van der Waals surface area contributed by atoms with Crippen molar-refractivity contribution in [1.82, 2.24) is 9.47 Å². The first-order chi connectivity index (χ1) is 26.4. The van der Waals surface area contributed by atoms with E-state index >= 15 is 0 Å². The number of aromatic nitrogens is 1. The van der Waals surface area contributed by atoms with Gasteiger partial charge in [-0.3, -0.25) is 0 Å². The number of rotatable bonds is 4. The van der Waals surface area contributed by atoms with Gasteiger partial charge in [-0.2, -0.15) is 0 Å². The number of benzene rings is 7. The SMILES string of the molecule is CN1C=CC(c2cccc(-c3ccc4c(c3)C(C)(C)c3ccccc3-4)c2)=NC1n1c2ccccc2c2cc(-c3cccc4c3sc3ccccc34)ccc21. The van der Waals surface area contributed by atoms with Crippen molar-refractivity contribution >= 4 is 59.0 Å². The Labute approximate surface area is 318 Å². The van der Waals surface area contributed by atoms with Crippen LogP contribution in [0.5, 0.6) is 0 Å². The van der Waals surface area contributed by atoms with Gasteiger partial charge in [0.25, 0.3) is 0 Å². The van der Waals surface area contributed by atoms with E-state index in [1.54, 1.807) is 0 Å². The highest BCUT2D eigenvalue weighted by Crippen LogP contribution is 2.49. The van der Waals surface area contributed by atoms with E-state index in [1.807, 2.05) is 11.3 Å². The molecule has 1 atom stereocenters. The molecular weight excluding hydrogens is 675 g/mol. The molecule has 54 heavy (non-hydrogen) atoms.